The number of benzene rings is 2. The highest BCUT2D eigenvalue weighted by atomic mass is 127. The van der Waals surface area contributed by atoms with Crippen molar-refractivity contribution in [1.82, 2.24) is 0 Å². The van der Waals surface area contributed by atoms with Crippen molar-refractivity contribution in [1.29, 1.82) is 0 Å². The molecule has 0 saturated heterocycles. The normalized spacial score (nSPS) is 10.2. The molecule has 0 radical (unpaired) electrons. The maximum atomic E-state index is 5.86. The van der Waals surface area contributed by atoms with Crippen molar-refractivity contribution >= 4 is 28.3 Å². The second-order valence-electron chi connectivity index (χ2n) is 3.75. The van der Waals surface area contributed by atoms with Crippen LogP contribution in [0.5, 0.6) is 5.75 Å². The minimum Gasteiger partial charge on any atom is -0.493 e. The minimum absolute atomic E-state index is 0.648. The second kappa shape index (κ2) is 5.91. The number of hydrogen-bond donors (Lipinski definition) is 1. The Labute approximate surface area is 115 Å². The van der Waals surface area contributed by atoms with Gasteiger partial charge < -0.3 is 10.5 Å². The summed E-state index contributed by atoms with van der Waals surface area (Å²) in [5.74, 6) is 0.903. The lowest BCUT2D eigenvalue weighted by molar-refractivity contribution is 0.322. The lowest BCUT2D eigenvalue weighted by atomic mass is 10.1. The number of hydrogen-bond acceptors (Lipinski definition) is 2. The summed E-state index contributed by atoms with van der Waals surface area (Å²) in [5.41, 5.74) is 7.83. The van der Waals surface area contributed by atoms with E-state index in [4.69, 9.17) is 10.5 Å². The largest absolute Gasteiger partial charge is 0.493 e. The number of rotatable bonds is 4. The van der Waals surface area contributed by atoms with Crippen LogP contribution < -0.4 is 10.5 Å². The minimum atomic E-state index is 0.648. The van der Waals surface area contributed by atoms with Crippen LogP contribution in [0, 0.1) is 3.57 Å². The molecule has 0 bridgehead atoms. The van der Waals surface area contributed by atoms with Crippen LogP contribution in [0.2, 0.25) is 0 Å². The van der Waals surface area contributed by atoms with Gasteiger partial charge in [0.15, 0.2) is 0 Å². The Kier molecular flexibility index (Phi) is 4.25. The Morgan fingerprint density at radius 1 is 1.00 bits per heavy atom. The second-order valence-corrected chi connectivity index (χ2v) is 5.00. The number of nitrogen functional groups attached to an aromatic ring is 1. The molecule has 0 saturated carbocycles. The van der Waals surface area contributed by atoms with Gasteiger partial charge in [-0.15, -0.1) is 0 Å². The molecule has 0 aliphatic carbocycles. The summed E-state index contributed by atoms with van der Waals surface area (Å²) in [6, 6.07) is 15.9. The summed E-state index contributed by atoms with van der Waals surface area (Å²) in [6.07, 6.45) is 0.832. The van der Waals surface area contributed by atoms with Gasteiger partial charge in [-0.2, -0.15) is 0 Å². The smallest absolute Gasteiger partial charge is 0.119 e. The van der Waals surface area contributed by atoms with Crippen molar-refractivity contribution in [3.05, 3.63) is 57.7 Å². The summed E-state index contributed by atoms with van der Waals surface area (Å²) < 4.78 is 6.87. The first kappa shape index (κ1) is 12.2. The summed E-state index contributed by atoms with van der Waals surface area (Å²) >= 11 is 2.28. The molecule has 0 aliphatic rings. The zero-order valence-corrected chi connectivity index (χ0v) is 11.6. The van der Waals surface area contributed by atoms with Gasteiger partial charge in [0.25, 0.3) is 0 Å². The Morgan fingerprint density at radius 2 is 1.71 bits per heavy atom. The molecule has 2 aromatic carbocycles. The topological polar surface area (TPSA) is 35.2 Å². The molecule has 2 N–H and O–H groups in total. The van der Waals surface area contributed by atoms with E-state index in [1.54, 1.807) is 0 Å². The molecular weight excluding hydrogens is 325 g/mol. The molecule has 0 unspecified atom stereocenters. The zero-order valence-electron chi connectivity index (χ0n) is 9.40. The SMILES string of the molecule is Nc1ccccc1CCOc1ccc(I)cc1. The molecule has 88 valence electrons. The van der Waals surface area contributed by atoms with E-state index in [9.17, 15) is 0 Å². The van der Waals surface area contributed by atoms with Gasteiger partial charge in [0.2, 0.25) is 0 Å². The first-order valence-electron chi connectivity index (χ1n) is 5.47. The third kappa shape index (κ3) is 3.63. The molecule has 17 heavy (non-hydrogen) atoms. The Hall–Kier alpha value is -1.23. The predicted molar refractivity (Wildman–Crippen MR) is 79.2 cm³/mol. The summed E-state index contributed by atoms with van der Waals surface area (Å²) in [6.45, 7) is 0.648. The van der Waals surface area contributed by atoms with Gasteiger partial charge in [-0.1, -0.05) is 18.2 Å². The van der Waals surface area contributed by atoms with Crippen molar-refractivity contribution < 1.29 is 4.74 Å². The molecule has 0 fully saturated rings. The summed E-state index contributed by atoms with van der Waals surface area (Å²) in [4.78, 5) is 0. The maximum Gasteiger partial charge on any atom is 0.119 e. The Morgan fingerprint density at radius 3 is 2.41 bits per heavy atom. The highest BCUT2D eigenvalue weighted by Crippen LogP contribution is 2.15. The van der Waals surface area contributed by atoms with Crippen molar-refractivity contribution in [2.75, 3.05) is 12.3 Å². The van der Waals surface area contributed by atoms with Crippen LogP contribution in [0.1, 0.15) is 5.56 Å². The van der Waals surface area contributed by atoms with E-state index in [2.05, 4.69) is 22.6 Å². The average Bonchev–Trinajstić information content (AvgIpc) is 2.34. The van der Waals surface area contributed by atoms with Crippen molar-refractivity contribution in [3.63, 3.8) is 0 Å². The summed E-state index contributed by atoms with van der Waals surface area (Å²) in [5, 5.41) is 0. The maximum absolute atomic E-state index is 5.86. The number of para-hydroxylation sites is 1. The lowest BCUT2D eigenvalue weighted by Crippen LogP contribution is -2.03. The molecular formula is C14H14INO. The molecule has 0 spiro atoms. The molecule has 0 aromatic heterocycles. The van der Waals surface area contributed by atoms with Crippen molar-refractivity contribution in [3.8, 4) is 5.75 Å². The highest BCUT2D eigenvalue weighted by Gasteiger charge is 1.98. The average molecular weight is 339 g/mol. The van der Waals surface area contributed by atoms with Crippen molar-refractivity contribution in [2.45, 2.75) is 6.42 Å². The van der Waals surface area contributed by atoms with E-state index >= 15 is 0 Å². The number of halogens is 1. The Balaban J connectivity index is 1.88. The molecule has 0 aliphatic heterocycles. The first-order valence-corrected chi connectivity index (χ1v) is 6.55. The van der Waals surface area contributed by atoms with Gasteiger partial charge in [0, 0.05) is 15.7 Å². The van der Waals surface area contributed by atoms with Crippen LogP contribution in [-0.4, -0.2) is 6.61 Å². The fourth-order valence-corrected chi connectivity index (χ4v) is 1.93. The van der Waals surface area contributed by atoms with Crippen LogP contribution >= 0.6 is 22.6 Å². The van der Waals surface area contributed by atoms with E-state index in [1.165, 1.54) is 3.57 Å². The molecule has 2 aromatic rings. The van der Waals surface area contributed by atoms with Gasteiger partial charge in [0.05, 0.1) is 6.61 Å². The van der Waals surface area contributed by atoms with Crippen molar-refractivity contribution in [2.24, 2.45) is 0 Å². The van der Waals surface area contributed by atoms with Crippen LogP contribution in [0.25, 0.3) is 0 Å². The fourth-order valence-electron chi connectivity index (χ4n) is 1.57. The molecule has 2 nitrogen and oxygen atoms in total. The standard InChI is InChI=1S/C14H14INO/c15-12-5-7-13(8-6-12)17-10-9-11-3-1-2-4-14(11)16/h1-8H,9-10,16H2. The lowest BCUT2D eigenvalue weighted by Gasteiger charge is -2.07. The van der Waals surface area contributed by atoms with E-state index in [-0.39, 0.29) is 0 Å². The van der Waals surface area contributed by atoms with E-state index in [0.29, 0.717) is 6.61 Å². The number of ether oxygens (including phenoxy) is 1. The molecule has 2 rings (SSSR count). The van der Waals surface area contributed by atoms with Gasteiger partial charge in [0.1, 0.15) is 5.75 Å². The molecule has 0 heterocycles. The van der Waals surface area contributed by atoms with Gasteiger partial charge in [-0.25, -0.2) is 0 Å². The summed E-state index contributed by atoms with van der Waals surface area (Å²) in [7, 11) is 0. The van der Waals surface area contributed by atoms with Gasteiger partial charge >= 0.3 is 0 Å². The highest BCUT2D eigenvalue weighted by molar-refractivity contribution is 14.1. The Bertz CT molecular complexity index is 482. The van der Waals surface area contributed by atoms with E-state index in [1.807, 2.05) is 48.5 Å². The monoisotopic (exact) mass is 339 g/mol. The first-order chi connectivity index (χ1) is 8.25. The quantitative estimate of drug-likeness (QED) is 0.684. The van der Waals surface area contributed by atoms with E-state index in [0.717, 1.165) is 23.4 Å². The van der Waals surface area contributed by atoms with Gasteiger partial charge in [-0.05, 0) is 58.5 Å². The van der Waals surface area contributed by atoms with Crippen LogP contribution in [0.3, 0.4) is 0 Å². The molecule has 0 amide bonds. The zero-order chi connectivity index (χ0) is 12.1. The van der Waals surface area contributed by atoms with Crippen LogP contribution in [-0.2, 0) is 6.42 Å². The molecule has 3 heteroatoms. The van der Waals surface area contributed by atoms with Crippen LogP contribution in [0.15, 0.2) is 48.5 Å². The van der Waals surface area contributed by atoms with E-state index < -0.39 is 0 Å². The van der Waals surface area contributed by atoms with Crippen LogP contribution in [0.4, 0.5) is 5.69 Å². The molecule has 0 atom stereocenters. The van der Waals surface area contributed by atoms with Gasteiger partial charge in [-0.3, -0.25) is 0 Å². The third-order valence-corrected chi connectivity index (χ3v) is 3.23. The number of anilines is 1. The fraction of sp³-hybridized carbons (Fsp3) is 0.143. The third-order valence-electron chi connectivity index (χ3n) is 2.51. The number of nitrogens with two attached hydrogens (primary N) is 1. The predicted octanol–water partition coefficient (Wildman–Crippen LogP) is 3.49.